The van der Waals surface area contributed by atoms with Gasteiger partial charge in [-0.1, -0.05) is 130 Å². The zero-order chi connectivity index (χ0) is 45.8. The highest BCUT2D eigenvalue weighted by Gasteiger charge is 2.46. The molecule has 0 fully saturated rings. The summed E-state index contributed by atoms with van der Waals surface area (Å²) in [5.41, 5.74) is -0.318. The fourth-order valence-electron chi connectivity index (χ4n) is 7.40. The van der Waals surface area contributed by atoms with E-state index < -0.39 is 60.3 Å². The Kier molecular flexibility index (Phi) is 15.8. The average molecular weight is 832 g/mol. The second kappa shape index (κ2) is 19.0. The van der Waals surface area contributed by atoms with Crippen molar-refractivity contribution in [2.24, 2.45) is 10.9 Å². The maximum Gasteiger partial charge on any atom is 0.318 e. The van der Waals surface area contributed by atoms with Crippen LogP contribution in [0.4, 0.5) is 11.4 Å². The largest absolute Gasteiger partial charge is 0.502 e. The third-order valence-corrected chi connectivity index (χ3v) is 11.3. The van der Waals surface area contributed by atoms with E-state index in [-0.39, 0.29) is 11.5 Å². The summed E-state index contributed by atoms with van der Waals surface area (Å²) in [4.78, 5) is 27.3. The van der Waals surface area contributed by atoms with Gasteiger partial charge in [-0.05, 0) is 75.8 Å². The molecular weight excluding hydrogens is 759 g/mol. The lowest BCUT2D eigenvalue weighted by Crippen LogP contribution is -2.44. The molecule has 3 aromatic rings. The van der Waals surface area contributed by atoms with Crippen LogP contribution in [0.2, 0.25) is 0 Å². The van der Waals surface area contributed by atoms with Crippen LogP contribution in [0.5, 0.6) is 17.2 Å². The Balaban J connectivity index is 2.74. The Labute approximate surface area is 359 Å². The van der Waals surface area contributed by atoms with Gasteiger partial charge in [-0.2, -0.15) is 0 Å². The topological polar surface area (TPSA) is 158 Å². The molecular formula is C49H73N3O8. The third-order valence-electron chi connectivity index (χ3n) is 11.3. The lowest BCUT2D eigenvalue weighted by atomic mass is 9.68. The Morgan fingerprint density at radius 2 is 1.05 bits per heavy atom. The maximum absolute atomic E-state index is 14.2. The van der Waals surface area contributed by atoms with Crippen LogP contribution in [0, 0.1) is 26.1 Å². The van der Waals surface area contributed by atoms with Gasteiger partial charge < -0.3 is 19.7 Å². The average Bonchev–Trinajstić information content (AvgIpc) is 3.13. The molecule has 0 heterocycles. The van der Waals surface area contributed by atoms with E-state index in [0.29, 0.717) is 30.8 Å². The number of hydrogen-bond donors (Lipinski definition) is 2. The SMILES string of the molecule is CCCCOc1c(C(C)(C)C)cc(C(O)(c2cc(C(C)(C)C)c(OCCCC)c(C(C)(C)C)c2)C(N=Cc2cc([N+](=O)[O-])cc([N+](=O)[O-])c2O)C(C)CC)cc1C(C)(C)C. The van der Waals surface area contributed by atoms with Gasteiger partial charge in [0.1, 0.15) is 17.1 Å². The van der Waals surface area contributed by atoms with Crippen molar-refractivity contribution in [1.29, 1.82) is 0 Å². The number of aliphatic hydroxyl groups is 1. The Morgan fingerprint density at radius 3 is 1.35 bits per heavy atom. The number of phenolic OH excluding ortho intramolecular Hbond substituents is 1. The summed E-state index contributed by atoms with van der Waals surface area (Å²) in [6, 6.07) is 8.97. The summed E-state index contributed by atoms with van der Waals surface area (Å²) >= 11 is 0. The number of nitro benzene ring substituents is 2. The van der Waals surface area contributed by atoms with E-state index >= 15 is 0 Å². The van der Waals surface area contributed by atoms with Crippen LogP contribution < -0.4 is 9.47 Å². The highest BCUT2D eigenvalue weighted by molar-refractivity contribution is 5.87. The van der Waals surface area contributed by atoms with Crippen LogP contribution in [0.25, 0.3) is 0 Å². The van der Waals surface area contributed by atoms with Gasteiger partial charge in [-0.15, -0.1) is 0 Å². The van der Waals surface area contributed by atoms with E-state index in [1.54, 1.807) is 0 Å². The summed E-state index contributed by atoms with van der Waals surface area (Å²) in [7, 11) is 0. The van der Waals surface area contributed by atoms with Crippen LogP contribution >= 0.6 is 0 Å². The van der Waals surface area contributed by atoms with E-state index in [1.165, 1.54) is 6.21 Å². The molecule has 332 valence electrons. The molecule has 0 spiro atoms. The summed E-state index contributed by atoms with van der Waals surface area (Å²) in [5, 5.41) is 49.2. The predicted molar refractivity (Wildman–Crippen MR) is 244 cm³/mol. The quantitative estimate of drug-likeness (QED) is 0.0589. The number of rotatable bonds is 17. The number of phenols is 1. The monoisotopic (exact) mass is 832 g/mol. The van der Waals surface area contributed by atoms with Gasteiger partial charge in [-0.3, -0.25) is 25.2 Å². The minimum absolute atomic E-state index is 0.206. The summed E-state index contributed by atoms with van der Waals surface area (Å²) in [6.07, 6.45) is 5.49. The van der Waals surface area contributed by atoms with Gasteiger partial charge in [0, 0.05) is 40.1 Å². The molecule has 2 atom stereocenters. The number of ether oxygens (including phenoxy) is 2. The van der Waals surface area contributed by atoms with Crippen molar-refractivity contribution in [3.63, 3.8) is 0 Å². The molecule has 3 rings (SSSR count). The van der Waals surface area contributed by atoms with E-state index in [2.05, 4.69) is 96.9 Å². The van der Waals surface area contributed by atoms with Crippen molar-refractivity contribution in [2.75, 3.05) is 13.2 Å². The highest BCUT2D eigenvalue weighted by atomic mass is 16.6. The van der Waals surface area contributed by atoms with Crippen molar-refractivity contribution >= 4 is 17.6 Å². The van der Waals surface area contributed by atoms with Crippen molar-refractivity contribution in [3.8, 4) is 17.2 Å². The number of aromatic hydroxyl groups is 1. The van der Waals surface area contributed by atoms with Crippen LogP contribution in [-0.4, -0.2) is 45.5 Å². The summed E-state index contributed by atoms with van der Waals surface area (Å²) < 4.78 is 13.3. The molecule has 0 amide bonds. The van der Waals surface area contributed by atoms with Crippen molar-refractivity contribution in [2.45, 2.75) is 176 Å². The Hall–Kier alpha value is -4.51. The highest BCUT2D eigenvalue weighted by Crippen LogP contribution is 2.50. The van der Waals surface area contributed by atoms with Crippen LogP contribution in [0.1, 0.15) is 182 Å². The first kappa shape index (κ1) is 49.8. The first-order valence-electron chi connectivity index (χ1n) is 21.6. The maximum atomic E-state index is 14.2. The second-order valence-electron chi connectivity index (χ2n) is 20.5. The molecule has 2 unspecified atom stereocenters. The van der Waals surface area contributed by atoms with Crippen molar-refractivity contribution in [3.05, 3.63) is 95.6 Å². The lowest BCUT2D eigenvalue weighted by molar-refractivity contribution is -0.394. The van der Waals surface area contributed by atoms with Gasteiger partial charge in [0.05, 0.1) is 35.2 Å². The zero-order valence-electron chi connectivity index (χ0n) is 39.3. The van der Waals surface area contributed by atoms with Gasteiger partial charge >= 0.3 is 5.69 Å². The van der Waals surface area contributed by atoms with E-state index in [1.807, 2.05) is 38.1 Å². The first-order chi connectivity index (χ1) is 27.5. The molecule has 0 aliphatic rings. The fourth-order valence-corrected chi connectivity index (χ4v) is 7.40. The molecule has 0 aliphatic heterocycles. The van der Waals surface area contributed by atoms with Gasteiger partial charge in [0.15, 0.2) is 0 Å². The lowest BCUT2D eigenvalue weighted by Gasteiger charge is -2.42. The minimum Gasteiger partial charge on any atom is -0.502 e. The van der Waals surface area contributed by atoms with Crippen molar-refractivity contribution in [1.82, 2.24) is 0 Å². The molecule has 0 aromatic heterocycles. The Bertz CT molecular complexity index is 1870. The van der Waals surface area contributed by atoms with E-state index in [0.717, 1.165) is 71.6 Å². The molecule has 0 bridgehead atoms. The van der Waals surface area contributed by atoms with Gasteiger partial charge in [-0.25, -0.2) is 0 Å². The standard InChI is InChI=1S/C49H73N3O8/c1-17-20-22-59-42-36(45(5,6)7)25-33(26-37(42)46(8,9)10)49(54,34-27-38(47(11,12)13)43(60-23-21-18-2)39(28-34)48(14,15)16)44(31(4)19-3)50-30-32-24-35(51(55)56)29-40(41(32)53)52(57)58/h24-31,44,53-54H,17-23H2,1-16H3. The number of nitro groups is 2. The molecule has 0 aliphatic carbocycles. The summed E-state index contributed by atoms with van der Waals surface area (Å²) in [6.45, 7) is 34.9. The van der Waals surface area contributed by atoms with E-state index in [4.69, 9.17) is 14.5 Å². The van der Waals surface area contributed by atoms with Gasteiger partial charge in [0.2, 0.25) is 5.75 Å². The molecule has 0 saturated carbocycles. The first-order valence-corrected chi connectivity index (χ1v) is 21.6. The number of non-ortho nitro benzene ring substituents is 1. The predicted octanol–water partition coefficient (Wildman–Crippen LogP) is 12.5. The molecule has 3 aromatic carbocycles. The minimum atomic E-state index is -1.88. The van der Waals surface area contributed by atoms with Crippen LogP contribution in [-0.2, 0) is 27.3 Å². The van der Waals surface area contributed by atoms with E-state index in [9.17, 15) is 30.4 Å². The molecule has 60 heavy (non-hydrogen) atoms. The third kappa shape index (κ3) is 11.2. The molecule has 11 heteroatoms. The Morgan fingerprint density at radius 1 is 0.667 bits per heavy atom. The zero-order valence-corrected chi connectivity index (χ0v) is 39.3. The second-order valence-corrected chi connectivity index (χ2v) is 20.5. The number of unbranched alkanes of at least 4 members (excludes halogenated alkanes) is 2. The number of nitrogens with zero attached hydrogens (tertiary/aromatic N) is 3. The smallest absolute Gasteiger partial charge is 0.318 e. The number of aliphatic imine (C=N–C) groups is 1. The number of benzene rings is 3. The molecule has 2 N–H and O–H groups in total. The molecule has 0 radical (unpaired) electrons. The fraction of sp³-hybridized carbons (Fsp3) is 0.612. The molecule has 11 nitrogen and oxygen atoms in total. The molecule has 0 saturated heterocycles. The normalized spacial score (nSPS) is 14.0. The van der Waals surface area contributed by atoms with Gasteiger partial charge in [0.25, 0.3) is 5.69 Å². The van der Waals surface area contributed by atoms with Crippen LogP contribution in [0.15, 0.2) is 41.4 Å². The van der Waals surface area contributed by atoms with Crippen LogP contribution in [0.3, 0.4) is 0 Å². The number of hydrogen-bond acceptors (Lipinski definition) is 9. The van der Waals surface area contributed by atoms with Crippen molar-refractivity contribution < 1.29 is 29.5 Å². The summed E-state index contributed by atoms with van der Waals surface area (Å²) in [5.74, 6) is 0.503.